The van der Waals surface area contributed by atoms with Crippen molar-refractivity contribution in [1.29, 1.82) is 0 Å². The van der Waals surface area contributed by atoms with Gasteiger partial charge in [0.15, 0.2) is 0 Å². The van der Waals surface area contributed by atoms with E-state index in [1.54, 1.807) is 10.9 Å². The number of carbonyl (C=O) groups is 2. The van der Waals surface area contributed by atoms with Gasteiger partial charge in [-0.25, -0.2) is 0 Å². The number of rotatable bonds is 6. The second-order valence-corrected chi connectivity index (χ2v) is 5.09. The molecule has 0 unspecified atom stereocenters. The van der Waals surface area contributed by atoms with Crippen molar-refractivity contribution < 1.29 is 14.7 Å². The molecule has 0 aliphatic rings. The molecule has 0 saturated carbocycles. The van der Waals surface area contributed by atoms with Crippen LogP contribution in [0, 0.1) is 13.8 Å². The van der Waals surface area contributed by atoms with Crippen molar-refractivity contribution >= 4 is 11.9 Å². The van der Waals surface area contributed by atoms with Crippen LogP contribution in [0.3, 0.4) is 0 Å². The summed E-state index contributed by atoms with van der Waals surface area (Å²) in [5, 5.41) is 19.7. The molecule has 0 bridgehead atoms. The fraction of sp³-hybridized carbons (Fsp3) is 0.429. The molecule has 0 saturated heterocycles. The van der Waals surface area contributed by atoms with Crippen molar-refractivity contribution in [3.63, 3.8) is 0 Å². The summed E-state index contributed by atoms with van der Waals surface area (Å²) >= 11 is 0. The van der Waals surface area contributed by atoms with Gasteiger partial charge >= 0.3 is 5.97 Å². The van der Waals surface area contributed by atoms with E-state index in [0.717, 1.165) is 17.0 Å². The monoisotopic (exact) mass is 305 g/mol. The molecular formula is C14H19N5O3. The van der Waals surface area contributed by atoms with Crippen molar-refractivity contribution in [2.24, 2.45) is 7.05 Å². The van der Waals surface area contributed by atoms with Crippen LogP contribution in [0.4, 0.5) is 0 Å². The van der Waals surface area contributed by atoms with Crippen molar-refractivity contribution in [3.8, 4) is 0 Å². The van der Waals surface area contributed by atoms with Crippen LogP contribution < -0.4 is 5.32 Å². The van der Waals surface area contributed by atoms with Gasteiger partial charge in [0, 0.05) is 31.0 Å². The van der Waals surface area contributed by atoms with E-state index < -0.39 is 5.97 Å². The Balaban J connectivity index is 1.96. The average molecular weight is 305 g/mol. The van der Waals surface area contributed by atoms with Gasteiger partial charge in [0.2, 0.25) is 0 Å². The highest BCUT2D eigenvalue weighted by molar-refractivity contribution is 5.93. The van der Waals surface area contributed by atoms with Crippen LogP contribution in [-0.4, -0.2) is 36.5 Å². The van der Waals surface area contributed by atoms with Crippen LogP contribution in [0.15, 0.2) is 12.4 Å². The number of hydrogen-bond donors (Lipinski definition) is 2. The first-order valence-electron chi connectivity index (χ1n) is 6.90. The van der Waals surface area contributed by atoms with Crippen LogP contribution in [-0.2, 0) is 24.9 Å². The summed E-state index contributed by atoms with van der Waals surface area (Å²) in [5.41, 5.74) is 3.30. The molecule has 2 heterocycles. The van der Waals surface area contributed by atoms with Gasteiger partial charge in [-0.15, -0.1) is 0 Å². The minimum Gasteiger partial charge on any atom is -0.481 e. The van der Waals surface area contributed by atoms with Gasteiger partial charge in [-0.05, 0) is 13.8 Å². The number of amides is 1. The maximum Gasteiger partial charge on any atom is 0.305 e. The molecule has 2 aromatic heterocycles. The first-order chi connectivity index (χ1) is 10.4. The Labute approximate surface area is 127 Å². The predicted molar refractivity (Wildman–Crippen MR) is 78.3 cm³/mol. The van der Waals surface area contributed by atoms with E-state index >= 15 is 0 Å². The Morgan fingerprint density at radius 3 is 2.68 bits per heavy atom. The topological polar surface area (TPSA) is 102 Å². The van der Waals surface area contributed by atoms with Crippen LogP contribution >= 0.6 is 0 Å². The van der Waals surface area contributed by atoms with Crippen LogP contribution in [0.25, 0.3) is 0 Å². The molecule has 118 valence electrons. The second kappa shape index (κ2) is 6.42. The van der Waals surface area contributed by atoms with Gasteiger partial charge in [0.25, 0.3) is 5.91 Å². The maximum absolute atomic E-state index is 12.1. The highest BCUT2D eigenvalue weighted by Gasteiger charge is 2.13. The highest BCUT2D eigenvalue weighted by Crippen LogP contribution is 2.11. The van der Waals surface area contributed by atoms with E-state index in [1.807, 2.05) is 20.9 Å². The van der Waals surface area contributed by atoms with E-state index in [1.165, 1.54) is 10.9 Å². The Hall–Kier alpha value is -2.64. The Kier molecular flexibility index (Phi) is 4.59. The van der Waals surface area contributed by atoms with Gasteiger partial charge in [0.1, 0.15) is 0 Å². The van der Waals surface area contributed by atoms with Crippen LogP contribution in [0.5, 0.6) is 0 Å². The Morgan fingerprint density at radius 1 is 1.36 bits per heavy atom. The highest BCUT2D eigenvalue weighted by atomic mass is 16.4. The van der Waals surface area contributed by atoms with E-state index in [9.17, 15) is 9.59 Å². The van der Waals surface area contributed by atoms with Crippen LogP contribution in [0.2, 0.25) is 0 Å². The summed E-state index contributed by atoms with van der Waals surface area (Å²) in [6.07, 6.45) is 2.94. The summed E-state index contributed by atoms with van der Waals surface area (Å²) in [6, 6.07) is 0. The summed E-state index contributed by atoms with van der Waals surface area (Å²) in [4.78, 5) is 22.6. The number of carboxylic acid groups (broad SMARTS) is 1. The third kappa shape index (κ3) is 3.51. The normalized spacial score (nSPS) is 10.7. The maximum atomic E-state index is 12.1. The van der Waals surface area contributed by atoms with Crippen molar-refractivity contribution in [3.05, 3.63) is 34.9 Å². The van der Waals surface area contributed by atoms with Crippen molar-refractivity contribution in [1.82, 2.24) is 24.9 Å². The standard InChI is InChI=1S/C14H19N5O3/c1-9-12(10(2)18(3)17-9)7-15-14(22)11-6-16-19(8-11)5-4-13(20)21/h6,8H,4-5,7H2,1-3H3,(H,15,22)(H,20,21). The third-order valence-electron chi connectivity index (χ3n) is 3.53. The SMILES string of the molecule is Cc1nn(C)c(C)c1CNC(=O)c1cnn(CCC(=O)O)c1. The number of carbonyl (C=O) groups excluding carboxylic acids is 1. The molecule has 2 N–H and O–H groups in total. The molecule has 22 heavy (non-hydrogen) atoms. The third-order valence-corrected chi connectivity index (χ3v) is 3.53. The molecule has 0 spiro atoms. The molecule has 1 amide bonds. The molecule has 0 atom stereocenters. The largest absolute Gasteiger partial charge is 0.481 e. The van der Waals surface area contributed by atoms with Crippen LogP contribution in [0.1, 0.15) is 33.7 Å². The van der Waals surface area contributed by atoms with E-state index in [0.29, 0.717) is 12.1 Å². The van der Waals surface area contributed by atoms with Gasteiger partial charge in [0.05, 0.1) is 30.4 Å². The number of aliphatic carboxylic acids is 1. The van der Waals surface area contributed by atoms with Gasteiger partial charge < -0.3 is 10.4 Å². The zero-order chi connectivity index (χ0) is 16.3. The summed E-state index contributed by atoms with van der Waals surface area (Å²) in [7, 11) is 1.86. The van der Waals surface area contributed by atoms with Gasteiger partial charge in [-0.2, -0.15) is 10.2 Å². The quantitative estimate of drug-likeness (QED) is 0.815. The minimum atomic E-state index is -0.899. The van der Waals surface area contributed by atoms with Crippen molar-refractivity contribution in [2.75, 3.05) is 0 Å². The first-order valence-corrected chi connectivity index (χ1v) is 6.90. The lowest BCUT2D eigenvalue weighted by molar-refractivity contribution is -0.137. The molecule has 0 aliphatic carbocycles. The number of nitrogens with one attached hydrogen (secondary N) is 1. The lowest BCUT2D eigenvalue weighted by Gasteiger charge is -2.04. The number of hydrogen-bond acceptors (Lipinski definition) is 4. The number of aryl methyl sites for hydroxylation is 3. The van der Waals surface area contributed by atoms with Gasteiger partial charge in [-0.3, -0.25) is 19.0 Å². The molecule has 2 aromatic rings. The number of carboxylic acids is 1. The van der Waals surface area contributed by atoms with Crippen molar-refractivity contribution in [2.45, 2.75) is 33.4 Å². The molecule has 8 heteroatoms. The molecule has 0 fully saturated rings. The summed E-state index contributed by atoms with van der Waals surface area (Å²) in [5.74, 6) is -1.15. The number of nitrogens with zero attached hydrogens (tertiary/aromatic N) is 4. The molecule has 0 aliphatic heterocycles. The average Bonchev–Trinajstić information content (AvgIpc) is 3.01. The summed E-state index contributed by atoms with van der Waals surface area (Å²) in [6.45, 7) is 4.48. The minimum absolute atomic E-state index is 0.0309. The van der Waals surface area contributed by atoms with E-state index in [2.05, 4.69) is 15.5 Å². The zero-order valence-electron chi connectivity index (χ0n) is 12.8. The predicted octanol–water partition coefficient (Wildman–Crippen LogP) is 0.638. The summed E-state index contributed by atoms with van der Waals surface area (Å²) < 4.78 is 3.23. The molecule has 2 rings (SSSR count). The lowest BCUT2D eigenvalue weighted by Crippen LogP contribution is -2.23. The van der Waals surface area contributed by atoms with E-state index in [4.69, 9.17) is 5.11 Å². The smallest absolute Gasteiger partial charge is 0.305 e. The first kappa shape index (κ1) is 15.7. The molecule has 0 radical (unpaired) electrons. The lowest BCUT2D eigenvalue weighted by atomic mass is 10.2. The van der Waals surface area contributed by atoms with Gasteiger partial charge in [-0.1, -0.05) is 0 Å². The second-order valence-electron chi connectivity index (χ2n) is 5.09. The Morgan fingerprint density at radius 2 is 2.09 bits per heavy atom. The van der Waals surface area contributed by atoms with E-state index in [-0.39, 0.29) is 18.9 Å². The zero-order valence-corrected chi connectivity index (χ0v) is 12.8. The molecule has 8 nitrogen and oxygen atoms in total. The fourth-order valence-electron chi connectivity index (χ4n) is 2.16. The molecular weight excluding hydrogens is 286 g/mol. The number of aromatic nitrogens is 4. The molecule has 0 aromatic carbocycles. The Bertz CT molecular complexity index is 701. The fourth-order valence-corrected chi connectivity index (χ4v) is 2.16.